The first-order chi connectivity index (χ1) is 15.1. The molecule has 0 saturated heterocycles. The molecule has 5 nitrogen and oxygen atoms in total. The molecule has 1 aromatic heterocycles. The van der Waals surface area contributed by atoms with E-state index in [1.807, 2.05) is 60.7 Å². The summed E-state index contributed by atoms with van der Waals surface area (Å²) in [5.74, 6) is 0.503. The van der Waals surface area contributed by atoms with Gasteiger partial charge in [-0.2, -0.15) is 0 Å². The van der Waals surface area contributed by atoms with Crippen molar-refractivity contribution in [1.82, 2.24) is 10.2 Å². The van der Waals surface area contributed by atoms with Crippen LogP contribution in [0.25, 0.3) is 11.3 Å². The van der Waals surface area contributed by atoms with E-state index >= 15 is 0 Å². The molecule has 154 valence electrons. The number of carbonyl (C=O) groups excluding carboxylic acids is 1. The monoisotopic (exact) mass is 408 g/mol. The number of aryl methyl sites for hydroxylation is 2. The van der Waals surface area contributed by atoms with Gasteiger partial charge in [0.2, 0.25) is 0 Å². The fraction of sp³-hybridized carbons (Fsp3) is 0.115. The average molecular weight is 409 g/mol. The van der Waals surface area contributed by atoms with Crippen molar-refractivity contribution in [2.45, 2.75) is 20.3 Å². The highest BCUT2D eigenvalue weighted by molar-refractivity contribution is 6.04. The summed E-state index contributed by atoms with van der Waals surface area (Å²) in [5, 5.41) is 14.7. The van der Waals surface area contributed by atoms with Crippen molar-refractivity contribution < 1.29 is 4.79 Å². The minimum absolute atomic E-state index is 0.141. The van der Waals surface area contributed by atoms with Crippen LogP contribution in [0.15, 0.2) is 84.9 Å². The van der Waals surface area contributed by atoms with Crippen LogP contribution in [-0.2, 0) is 6.42 Å². The van der Waals surface area contributed by atoms with Crippen LogP contribution in [0, 0.1) is 6.92 Å². The SMILES string of the molecule is CCc1ccc(NC(=O)c2ccc(Nc3ccc(-c4cccc(C)c4)nn3)cc2)cc1. The van der Waals surface area contributed by atoms with Crippen molar-refractivity contribution in [1.29, 1.82) is 0 Å². The van der Waals surface area contributed by atoms with E-state index in [2.05, 4.69) is 46.8 Å². The van der Waals surface area contributed by atoms with Gasteiger partial charge in [-0.15, -0.1) is 10.2 Å². The lowest BCUT2D eigenvalue weighted by Crippen LogP contribution is -2.11. The number of hydrogen-bond acceptors (Lipinski definition) is 4. The normalized spacial score (nSPS) is 10.5. The molecule has 0 spiro atoms. The minimum atomic E-state index is -0.141. The molecule has 0 saturated carbocycles. The Labute approximate surface area is 182 Å². The second-order valence-electron chi connectivity index (χ2n) is 7.38. The van der Waals surface area contributed by atoms with Gasteiger partial charge in [0.15, 0.2) is 5.82 Å². The van der Waals surface area contributed by atoms with Crippen LogP contribution in [0.4, 0.5) is 17.2 Å². The van der Waals surface area contributed by atoms with Crippen LogP contribution in [0.1, 0.15) is 28.4 Å². The summed E-state index contributed by atoms with van der Waals surface area (Å²) < 4.78 is 0. The molecule has 0 unspecified atom stereocenters. The molecule has 0 aliphatic carbocycles. The fourth-order valence-electron chi connectivity index (χ4n) is 3.24. The molecule has 4 rings (SSSR count). The zero-order valence-electron chi connectivity index (χ0n) is 17.6. The molecule has 5 heteroatoms. The summed E-state index contributed by atoms with van der Waals surface area (Å²) in [6.07, 6.45) is 0.974. The first-order valence-corrected chi connectivity index (χ1v) is 10.3. The first-order valence-electron chi connectivity index (χ1n) is 10.3. The van der Waals surface area contributed by atoms with Gasteiger partial charge in [-0.3, -0.25) is 4.79 Å². The third-order valence-corrected chi connectivity index (χ3v) is 5.02. The second kappa shape index (κ2) is 9.22. The molecule has 3 aromatic carbocycles. The number of hydrogen-bond donors (Lipinski definition) is 2. The molecule has 31 heavy (non-hydrogen) atoms. The number of nitrogens with one attached hydrogen (secondary N) is 2. The van der Waals surface area contributed by atoms with Crippen molar-refractivity contribution in [3.8, 4) is 11.3 Å². The molecular formula is C26H24N4O. The maximum absolute atomic E-state index is 12.5. The predicted octanol–water partition coefficient (Wildman–Crippen LogP) is 6.01. The highest BCUT2D eigenvalue weighted by atomic mass is 16.1. The Hall–Kier alpha value is -3.99. The van der Waals surface area contributed by atoms with Crippen LogP contribution in [0.5, 0.6) is 0 Å². The van der Waals surface area contributed by atoms with E-state index in [-0.39, 0.29) is 5.91 Å². The Morgan fingerprint density at radius 2 is 1.58 bits per heavy atom. The molecule has 0 atom stereocenters. The molecule has 1 heterocycles. The number of carbonyl (C=O) groups is 1. The maximum atomic E-state index is 12.5. The van der Waals surface area contributed by atoms with Gasteiger partial charge in [-0.1, -0.05) is 42.8 Å². The van der Waals surface area contributed by atoms with Crippen LogP contribution >= 0.6 is 0 Å². The average Bonchev–Trinajstić information content (AvgIpc) is 2.80. The third-order valence-electron chi connectivity index (χ3n) is 5.02. The first kappa shape index (κ1) is 20.3. The standard InChI is InChI=1S/C26H24N4O/c1-3-19-7-11-23(12-8-19)28-26(31)20-9-13-22(14-10-20)27-25-16-15-24(29-30-25)21-6-4-5-18(2)17-21/h4-17H,3H2,1-2H3,(H,27,30)(H,28,31). The lowest BCUT2D eigenvalue weighted by Gasteiger charge is -2.09. The minimum Gasteiger partial charge on any atom is -0.339 e. The van der Waals surface area contributed by atoms with Crippen molar-refractivity contribution >= 4 is 23.1 Å². The Kier molecular flexibility index (Phi) is 6.03. The fourth-order valence-corrected chi connectivity index (χ4v) is 3.24. The van der Waals surface area contributed by atoms with Crippen molar-refractivity contribution in [2.75, 3.05) is 10.6 Å². The highest BCUT2D eigenvalue weighted by Crippen LogP contribution is 2.20. The molecule has 1 amide bonds. The number of amides is 1. The topological polar surface area (TPSA) is 66.9 Å². The third kappa shape index (κ3) is 5.14. The number of benzene rings is 3. The summed E-state index contributed by atoms with van der Waals surface area (Å²) in [6, 6.07) is 27.2. The van der Waals surface area contributed by atoms with Gasteiger partial charge in [0, 0.05) is 22.5 Å². The van der Waals surface area contributed by atoms with E-state index in [0.29, 0.717) is 11.4 Å². The smallest absolute Gasteiger partial charge is 0.255 e. The van der Waals surface area contributed by atoms with E-state index in [4.69, 9.17) is 0 Å². The summed E-state index contributed by atoms with van der Waals surface area (Å²) >= 11 is 0. The van der Waals surface area contributed by atoms with Crippen LogP contribution in [-0.4, -0.2) is 16.1 Å². The molecule has 0 bridgehead atoms. The number of anilines is 3. The molecule has 0 radical (unpaired) electrons. The summed E-state index contributed by atoms with van der Waals surface area (Å²) in [7, 11) is 0. The largest absolute Gasteiger partial charge is 0.339 e. The summed E-state index contributed by atoms with van der Waals surface area (Å²) in [6.45, 7) is 4.16. The van der Waals surface area contributed by atoms with Crippen LogP contribution in [0.3, 0.4) is 0 Å². The predicted molar refractivity (Wildman–Crippen MR) is 126 cm³/mol. The highest BCUT2D eigenvalue weighted by Gasteiger charge is 2.07. The van der Waals surface area contributed by atoms with Gasteiger partial charge in [0.1, 0.15) is 0 Å². The molecule has 4 aromatic rings. The van der Waals surface area contributed by atoms with E-state index < -0.39 is 0 Å². The van der Waals surface area contributed by atoms with Crippen LogP contribution in [0.2, 0.25) is 0 Å². The lowest BCUT2D eigenvalue weighted by atomic mass is 10.1. The maximum Gasteiger partial charge on any atom is 0.255 e. The zero-order chi connectivity index (χ0) is 21.6. The summed E-state index contributed by atoms with van der Waals surface area (Å²) in [4.78, 5) is 12.5. The Balaban J connectivity index is 1.39. The summed E-state index contributed by atoms with van der Waals surface area (Å²) in [5.41, 5.74) is 6.50. The Morgan fingerprint density at radius 1 is 0.839 bits per heavy atom. The molecular weight excluding hydrogens is 384 g/mol. The zero-order valence-corrected chi connectivity index (χ0v) is 17.6. The van der Waals surface area contributed by atoms with E-state index in [0.717, 1.165) is 29.1 Å². The lowest BCUT2D eigenvalue weighted by molar-refractivity contribution is 0.102. The quantitative estimate of drug-likeness (QED) is 0.410. The molecule has 0 aliphatic rings. The second-order valence-corrected chi connectivity index (χ2v) is 7.38. The van der Waals surface area contributed by atoms with Gasteiger partial charge in [-0.25, -0.2) is 0 Å². The van der Waals surface area contributed by atoms with Gasteiger partial charge >= 0.3 is 0 Å². The number of aromatic nitrogens is 2. The Morgan fingerprint density at radius 3 is 2.23 bits per heavy atom. The Bertz CT molecular complexity index is 1170. The van der Waals surface area contributed by atoms with Gasteiger partial charge in [0.25, 0.3) is 5.91 Å². The number of rotatable bonds is 6. The van der Waals surface area contributed by atoms with Crippen LogP contribution < -0.4 is 10.6 Å². The molecule has 2 N–H and O–H groups in total. The van der Waals surface area contributed by atoms with Crippen molar-refractivity contribution in [2.24, 2.45) is 0 Å². The molecule has 0 aliphatic heterocycles. The van der Waals surface area contributed by atoms with Gasteiger partial charge < -0.3 is 10.6 Å². The van der Waals surface area contributed by atoms with Crippen molar-refractivity contribution in [3.63, 3.8) is 0 Å². The van der Waals surface area contributed by atoms with E-state index in [1.165, 1.54) is 11.1 Å². The van der Waals surface area contributed by atoms with Gasteiger partial charge in [-0.05, 0) is 73.5 Å². The van der Waals surface area contributed by atoms with E-state index in [1.54, 1.807) is 12.1 Å². The van der Waals surface area contributed by atoms with E-state index in [9.17, 15) is 4.79 Å². The van der Waals surface area contributed by atoms with Gasteiger partial charge in [0.05, 0.1) is 5.69 Å². The van der Waals surface area contributed by atoms with Crippen molar-refractivity contribution in [3.05, 3.63) is 102 Å². The number of nitrogens with zero attached hydrogens (tertiary/aromatic N) is 2. The molecule has 0 fully saturated rings.